The number of likely N-dealkylation sites (tertiary alicyclic amines) is 1. The van der Waals surface area contributed by atoms with E-state index in [0.29, 0.717) is 29.3 Å². The van der Waals surface area contributed by atoms with E-state index < -0.39 is 0 Å². The minimum Gasteiger partial charge on any atom is -0.336 e. The molecule has 4 nitrogen and oxygen atoms in total. The lowest BCUT2D eigenvalue weighted by Crippen LogP contribution is -2.49. The molecule has 1 aliphatic heterocycles. The first-order valence-corrected chi connectivity index (χ1v) is 8.01. The highest BCUT2D eigenvalue weighted by molar-refractivity contribution is 6.33. The molecule has 1 fully saturated rings. The maximum atomic E-state index is 11.9. The van der Waals surface area contributed by atoms with Crippen molar-refractivity contribution < 1.29 is 4.79 Å². The third kappa shape index (κ3) is 4.61. The van der Waals surface area contributed by atoms with Gasteiger partial charge in [0.2, 0.25) is 0 Å². The Bertz CT molecular complexity index is 480. The molecular weight excluding hydrogens is 286 g/mol. The number of amides is 2. The summed E-state index contributed by atoms with van der Waals surface area (Å²) in [6.45, 7) is 6.19. The standard InChI is InChI=1S/C16H24ClN3O/c1-12-7-5-6-10-20(12)13(2)11-18-16(21)19-15-9-4-3-8-14(15)17/h3-4,8-9,12-13H,5-7,10-11H2,1-2H3,(H2,18,19,21)/t12-,13+/m0/s1. The van der Waals surface area contributed by atoms with Gasteiger partial charge >= 0.3 is 6.03 Å². The number of carbonyl (C=O) groups excluding carboxylic acids is 1. The summed E-state index contributed by atoms with van der Waals surface area (Å²) in [5.74, 6) is 0. The van der Waals surface area contributed by atoms with E-state index >= 15 is 0 Å². The van der Waals surface area contributed by atoms with Crippen molar-refractivity contribution in [3.05, 3.63) is 29.3 Å². The molecule has 0 spiro atoms. The van der Waals surface area contributed by atoms with Gasteiger partial charge in [0.25, 0.3) is 0 Å². The lowest BCUT2D eigenvalue weighted by Gasteiger charge is -2.38. The zero-order chi connectivity index (χ0) is 15.2. The molecule has 1 heterocycles. The van der Waals surface area contributed by atoms with Gasteiger partial charge in [0.1, 0.15) is 0 Å². The quantitative estimate of drug-likeness (QED) is 0.890. The van der Waals surface area contributed by atoms with Crippen molar-refractivity contribution in [1.82, 2.24) is 10.2 Å². The molecule has 2 N–H and O–H groups in total. The van der Waals surface area contributed by atoms with Gasteiger partial charge in [-0.1, -0.05) is 30.2 Å². The molecule has 116 valence electrons. The lowest BCUT2D eigenvalue weighted by molar-refractivity contribution is 0.114. The van der Waals surface area contributed by atoms with Gasteiger partial charge in [-0.05, 0) is 45.4 Å². The average molecular weight is 310 g/mol. The van der Waals surface area contributed by atoms with Crippen LogP contribution in [0.5, 0.6) is 0 Å². The number of hydrogen-bond donors (Lipinski definition) is 2. The van der Waals surface area contributed by atoms with Crippen molar-refractivity contribution in [3.63, 3.8) is 0 Å². The van der Waals surface area contributed by atoms with Crippen LogP contribution in [0.15, 0.2) is 24.3 Å². The van der Waals surface area contributed by atoms with Gasteiger partial charge in [0, 0.05) is 18.6 Å². The number of nitrogens with one attached hydrogen (secondary N) is 2. The van der Waals surface area contributed by atoms with Crippen molar-refractivity contribution in [3.8, 4) is 0 Å². The van der Waals surface area contributed by atoms with Crippen LogP contribution < -0.4 is 10.6 Å². The fourth-order valence-electron chi connectivity index (χ4n) is 2.86. The van der Waals surface area contributed by atoms with Crippen LogP contribution in [0.25, 0.3) is 0 Å². The van der Waals surface area contributed by atoms with Crippen LogP contribution in [0.1, 0.15) is 33.1 Å². The molecule has 0 unspecified atom stereocenters. The molecule has 2 rings (SSSR count). The van der Waals surface area contributed by atoms with E-state index in [4.69, 9.17) is 11.6 Å². The minimum atomic E-state index is -0.209. The molecule has 0 saturated carbocycles. The van der Waals surface area contributed by atoms with Crippen LogP contribution in [-0.2, 0) is 0 Å². The number of carbonyl (C=O) groups is 1. The third-order valence-corrected chi connectivity index (χ3v) is 4.43. The number of piperidine rings is 1. The van der Waals surface area contributed by atoms with Gasteiger partial charge in [-0.15, -0.1) is 0 Å². The summed E-state index contributed by atoms with van der Waals surface area (Å²) in [6.07, 6.45) is 3.81. The summed E-state index contributed by atoms with van der Waals surface area (Å²) in [4.78, 5) is 14.4. The van der Waals surface area contributed by atoms with Gasteiger partial charge in [0.05, 0.1) is 10.7 Å². The molecule has 1 aliphatic rings. The summed E-state index contributed by atoms with van der Waals surface area (Å²) in [7, 11) is 0. The van der Waals surface area contributed by atoms with Gasteiger partial charge in [-0.2, -0.15) is 0 Å². The van der Waals surface area contributed by atoms with Crippen LogP contribution in [-0.4, -0.2) is 36.1 Å². The topological polar surface area (TPSA) is 44.4 Å². The Labute approximate surface area is 131 Å². The number of halogens is 1. The average Bonchev–Trinajstić information content (AvgIpc) is 2.48. The predicted octanol–water partition coefficient (Wildman–Crippen LogP) is 3.72. The summed E-state index contributed by atoms with van der Waals surface area (Å²) in [5.41, 5.74) is 0.635. The molecule has 2 atom stereocenters. The molecule has 0 aromatic heterocycles. The zero-order valence-corrected chi connectivity index (χ0v) is 13.5. The van der Waals surface area contributed by atoms with E-state index in [9.17, 15) is 4.79 Å². The van der Waals surface area contributed by atoms with Crippen LogP contribution >= 0.6 is 11.6 Å². The zero-order valence-electron chi connectivity index (χ0n) is 12.7. The molecule has 0 radical (unpaired) electrons. The van der Waals surface area contributed by atoms with Crippen molar-refractivity contribution in [2.75, 3.05) is 18.4 Å². The van der Waals surface area contributed by atoms with Crippen molar-refractivity contribution >= 4 is 23.3 Å². The molecule has 1 aromatic carbocycles. The molecule has 0 bridgehead atoms. The first-order chi connectivity index (χ1) is 10.1. The fraction of sp³-hybridized carbons (Fsp3) is 0.562. The van der Waals surface area contributed by atoms with Gasteiger partial charge in [-0.25, -0.2) is 4.79 Å². The summed E-state index contributed by atoms with van der Waals surface area (Å²) >= 11 is 6.02. The van der Waals surface area contributed by atoms with Gasteiger partial charge < -0.3 is 10.6 Å². The second-order valence-electron chi connectivity index (χ2n) is 5.75. The van der Waals surface area contributed by atoms with Crippen LogP contribution in [0, 0.1) is 0 Å². The van der Waals surface area contributed by atoms with E-state index in [0.717, 1.165) is 6.54 Å². The van der Waals surface area contributed by atoms with E-state index in [2.05, 4.69) is 29.4 Å². The normalized spacial score (nSPS) is 20.8. The second-order valence-corrected chi connectivity index (χ2v) is 6.15. The van der Waals surface area contributed by atoms with Gasteiger partial charge in [0.15, 0.2) is 0 Å². The fourth-order valence-corrected chi connectivity index (χ4v) is 3.04. The second kappa shape index (κ2) is 7.66. The maximum Gasteiger partial charge on any atom is 0.319 e. The first-order valence-electron chi connectivity index (χ1n) is 7.63. The molecule has 5 heteroatoms. The van der Waals surface area contributed by atoms with E-state index in [1.807, 2.05) is 12.1 Å². The van der Waals surface area contributed by atoms with Crippen molar-refractivity contribution in [1.29, 1.82) is 0 Å². The van der Waals surface area contributed by atoms with Crippen LogP contribution in [0.3, 0.4) is 0 Å². The highest BCUT2D eigenvalue weighted by Crippen LogP contribution is 2.20. The predicted molar refractivity (Wildman–Crippen MR) is 88.0 cm³/mol. The van der Waals surface area contributed by atoms with E-state index in [-0.39, 0.29) is 6.03 Å². The maximum absolute atomic E-state index is 11.9. The van der Waals surface area contributed by atoms with E-state index in [1.54, 1.807) is 12.1 Å². The molecule has 1 aromatic rings. The van der Waals surface area contributed by atoms with E-state index in [1.165, 1.54) is 19.3 Å². The number of benzene rings is 1. The smallest absolute Gasteiger partial charge is 0.319 e. The summed E-state index contributed by atoms with van der Waals surface area (Å²) in [6, 6.07) is 7.97. The van der Waals surface area contributed by atoms with Crippen LogP contribution in [0.2, 0.25) is 5.02 Å². The summed E-state index contributed by atoms with van der Waals surface area (Å²) < 4.78 is 0. The van der Waals surface area contributed by atoms with Gasteiger partial charge in [-0.3, -0.25) is 4.90 Å². The Balaban J connectivity index is 1.79. The largest absolute Gasteiger partial charge is 0.336 e. The molecule has 21 heavy (non-hydrogen) atoms. The van der Waals surface area contributed by atoms with Crippen molar-refractivity contribution in [2.24, 2.45) is 0 Å². The number of hydrogen-bond acceptors (Lipinski definition) is 2. The number of anilines is 1. The number of rotatable bonds is 4. The Morgan fingerprint density at radius 1 is 1.43 bits per heavy atom. The number of para-hydroxylation sites is 1. The van der Waals surface area contributed by atoms with Crippen LogP contribution in [0.4, 0.5) is 10.5 Å². The summed E-state index contributed by atoms with van der Waals surface area (Å²) in [5, 5.41) is 6.25. The highest BCUT2D eigenvalue weighted by atomic mass is 35.5. The SMILES string of the molecule is C[C@H](CNC(=O)Nc1ccccc1Cl)N1CCCC[C@@H]1C. The molecule has 2 amide bonds. The lowest BCUT2D eigenvalue weighted by atomic mass is 10.0. The number of urea groups is 1. The molecule has 0 aliphatic carbocycles. The number of nitrogens with zero attached hydrogens (tertiary/aromatic N) is 1. The Morgan fingerprint density at radius 2 is 2.19 bits per heavy atom. The molecular formula is C16H24ClN3O. The highest BCUT2D eigenvalue weighted by Gasteiger charge is 2.23. The molecule has 1 saturated heterocycles. The van der Waals surface area contributed by atoms with Crippen molar-refractivity contribution in [2.45, 2.75) is 45.2 Å². The monoisotopic (exact) mass is 309 g/mol. The Hall–Kier alpha value is -1.26. The Kier molecular flexibility index (Phi) is 5.88. The first kappa shape index (κ1) is 16.1. The Morgan fingerprint density at radius 3 is 2.90 bits per heavy atom. The minimum absolute atomic E-state index is 0.209. The third-order valence-electron chi connectivity index (χ3n) is 4.10.